The van der Waals surface area contributed by atoms with E-state index in [0.717, 1.165) is 18.0 Å². The van der Waals surface area contributed by atoms with Crippen molar-refractivity contribution in [1.82, 2.24) is 15.4 Å². The molecule has 0 aliphatic carbocycles. The molecule has 96 valence electrons. The third-order valence-corrected chi connectivity index (χ3v) is 15.1. The van der Waals surface area contributed by atoms with Crippen molar-refractivity contribution in [2.45, 2.75) is 36.5 Å². The number of aromatic amines is 1. The number of hydrogen-bond acceptors (Lipinski definition) is 4. The monoisotopic (exact) mass is 316 g/mol. The molecule has 0 aliphatic rings. The summed E-state index contributed by atoms with van der Waals surface area (Å²) in [6, 6.07) is 0. The summed E-state index contributed by atoms with van der Waals surface area (Å²) in [6.45, 7) is 7.60. The van der Waals surface area contributed by atoms with Crippen LogP contribution in [0.2, 0.25) is 15.8 Å². The Hall–Kier alpha value is -0.297. The molecule has 1 aromatic rings. The van der Waals surface area contributed by atoms with Gasteiger partial charge in [-0.15, -0.1) is 0 Å². The van der Waals surface area contributed by atoms with E-state index in [2.05, 4.69) is 53.8 Å². The standard InChI is InChI=1S/C11H22GeN4S/c1-4-12(5-2,6-3)11-10(14-16-15-11)9-13-7-8-17/h9,17H,4-8H2,1-3H3,(H,14,15,16). The fraction of sp³-hybridized carbons (Fsp3) is 0.727. The van der Waals surface area contributed by atoms with E-state index >= 15 is 0 Å². The van der Waals surface area contributed by atoms with Crippen LogP contribution in [0.1, 0.15) is 26.5 Å². The minimum absolute atomic E-state index is 0.736. The second-order valence-electron chi connectivity index (χ2n) is 4.16. The Labute approximate surface area is 111 Å². The predicted octanol–water partition coefficient (Wildman–Crippen LogP) is 1.87. The first-order chi connectivity index (χ1) is 8.24. The quantitative estimate of drug-likeness (QED) is 0.458. The van der Waals surface area contributed by atoms with Gasteiger partial charge in [-0.2, -0.15) is 0 Å². The zero-order valence-corrected chi connectivity index (χ0v) is 13.9. The Bertz CT molecular complexity index is 352. The van der Waals surface area contributed by atoms with Gasteiger partial charge in [-0.1, -0.05) is 0 Å². The van der Waals surface area contributed by atoms with Crippen LogP contribution in [-0.2, 0) is 0 Å². The van der Waals surface area contributed by atoms with Crippen molar-refractivity contribution in [3.8, 4) is 0 Å². The van der Waals surface area contributed by atoms with Crippen molar-refractivity contribution in [3.05, 3.63) is 5.69 Å². The second-order valence-corrected chi connectivity index (χ2v) is 15.4. The molecule has 0 saturated heterocycles. The van der Waals surface area contributed by atoms with Crippen molar-refractivity contribution in [1.29, 1.82) is 0 Å². The number of H-pyrrole nitrogens is 1. The number of rotatable bonds is 7. The average molecular weight is 315 g/mol. The first kappa shape index (κ1) is 14.8. The van der Waals surface area contributed by atoms with Crippen LogP contribution in [0, 0.1) is 0 Å². The number of aliphatic imine (C=N–C) groups is 1. The molecular formula is C11H22GeN4S. The average Bonchev–Trinajstić information content (AvgIpc) is 2.82. The van der Waals surface area contributed by atoms with Crippen molar-refractivity contribution in [3.63, 3.8) is 0 Å². The van der Waals surface area contributed by atoms with Crippen molar-refractivity contribution < 1.29 is 0 Å². The first-order valence-electron chi connectivity index (χ1n) is 6.26. The molecule has 4 nitrogen and oxygen atoms in total. The molecule has 0 bridgehead atoms. The number of nitrogens with zero attached hydrogens (tertiary/aromatic N) is 3. The zero-order valence-electron chi connectivity index (χ0n) is 10.9. The van der Waals surface area contributed by atoms with Crippen molar-refractivity contribution in [2.75, 3.05) is 12.3 Å². The number of hydrogen-bond donors (Lipinski definition) is 2. The first-order valence-corrected chi connectivity index (χ1v) is 12.4. The van der Waals surface area contributed by atoms with E-state index in [-0.39, 0.29) is 0 Å². The van der Waals surface area contributed by atoms with Crippen LogP contribution in [0.3, 0.4) is 0 Å². The van der Waals surface area contributed by atoms with Gasteiger partial charge < -0.3 is 0 Å². The fourth-order valence-electron chi connectivity index (χ4n) is 2.18. The molecule has 1 rings (SSSR count). The summed E-state index contributed by atoms with van der Waals surface area (Å²) in [5.74, 6) is 0.769. The van der Waals surface area contributed by atoms with E-state index in [4.69, 9.17) is 0 Å². The Balaban J connectivity index is 3.00. The van der Waals surface area contributed by atoms with Gasteiger partial charge in [-0.25, -0.2) is 0 Å². The van der Waals surface area contributed by atoms with Crippen molar-refractivity contribution in [2.24, 2.45) is 4.99 Å². The Kier molecular flexibility index (Phi) is 6.26. The number of aromatic nitrogens is 3. The van der Waals surface area contributed by atoms with Gasteiger partial charge in [0.25, 0.3) is 0 Å². The van der Waals surface area contributed by atoms with Gasteiger partial charge in [0.05, 0.1) is 0 Å². The molecule has 0 aromatic carbocycles. The van der Waals surface area contributed by atoms with Gasteiger partial charge in [0.1, 0.15) is 0 Å². The fourth-order valence-corrected chi connectivity index (χ4v) is 9.55. The van der Waals surface area contributed by atoms with E-state index in [0.29, 0.717) is 0 Å². The van der Waals surface area contributed by atoms with E-state index < -0.39 is 13.3 Å². The summed E-state index contributed by atoms with van der Waals surface area (Å²) in [5.41, 5.74) is 0.956. The second kappa shape index (κ2) is 7.21. The number of thiol groups is 1. The third kappa shape index (κ3) is 3.34. The summed E-state index contributed by atoms with van der Waals surface area (Å²) in [6.07, 6.45) is 1.86. The molecule has 1 heterocycles. The third-order valence-electron chi connectivity index (χ3n) is 3.55. The summed E-state index contributed by atoms with van der Waals surface area (Å²) in [5, 5.41) is 15.2. The SMILES string of the molecule is C[CH2][Ge]([CH2]C)([CH2]C)[c]1n[nH]nc1C=NCCS. The summed E-state index contributed by atoms with van der Waals surface area (Å²) in [7, 11) is 0. The van der Waals surface area contributed by atoms with E-state index in [1.165, 1.54) is 20.3 Å². The van der Waals surface area contributed by atoms with Crippen LogP contribution in [-0.4, -0.2) is 47.2 Å². The van der Waals surface area contributed by atoms with Crippen LogP contribution in [0.4, 0.5) is 0 Å². The molecule has 17 heavy (non-hydrogen) atoms. The van der Waals surface area contributed by atoms with Crippen LogP contribution < -0.4 is 4.53 Å². The maximum absolute atomic E-state index is 4.42. The maximum atomic E-state index is 4.42. The molecule has 0 radical (unpaired) electrons. The summed E-state index contributed by atoms with van der Waals surface area (Å²) < 4.78 is 1.24. The molecule has 6 heteroatoms. The van der Waals surface area contributed by atoms with Gasteiger partial charge in [0.15, 0.2) is 0 Å². The van der Waals surface area contributed by atoms with E-state index in [9.17, 15) is 0 Å². The van der Waals surface area contributed by atoms with Gasteiger partial charge in [-0.05, 0) is 0 Å². The normalized spacial score (nSPS) is 12.5. The topological polar surface area (TPSA) is 53.9 Å². The summed E-state index contributed by atoms with van der Waals surface area (Å²) in [4.78, 5) is 4.32. The molecule has 0 amide bonds. The molecule has 0 saturated carbocycles. The van der Waals surface area contributed by atoms with Gasteiger partial charge in [0, 0.05) is 0 Å². The Morgan fingerprint density at radius 2 is 1.88 bits per heavy atom. The van der Waals surface area contributed by atoms with E-state index in [1.54, 1.807) is 0 Å². The molecule has 0 unspecified atom stereocenters. The molecule has 1 N–H and O–H groups in total. The van der Waals surface area contributed by atoms with Crippen LogP contribution in [0.25, 0.3) is 0 Å². The molecule has 1 aromatic heterocycles. The van der Waals surface area contributed by atoms with Crippen molar-refractivity contribution >= 4 is 36.6 Å². The Morgan fingerprint density at radius 3 is 2.41 bits per heavy atom. The van der Waals surface area contributed by atoms with Gasteiger partial charge >= 0.3 is 112 Å². The summed E-state index contributed by atoms with van der Waals surface area (Å²) >= 11 is 2.13. The van der Waals surface area contributed by atoms with Crippen LogP contribution in [0.5, 0.6) is 0 Å². The predicted molar refractivity (Wildman–Crippen MR) is 79.5 cm³/mol. The van der Waals surface area contributed by atoms with Crippen LogP contribution in [0.15, 0.2) is 4.99 Å². The van der Waals surface area contributed by atoms with Gasteiger partial charge in [0.2, 0.25) is 0 Å². The molecule has 0 fully saturated rings. The van der Waals surface area contributed by atoms with Gasteiger partial charge in [-0.3, -0.25) is 0 Å². The molecule has 0 spiro atoms. The zero-order chi connectivity index (χ0) is 12.7. The van der Waals surface area contributed by atoms with Crippen LogP contribution >= 0.6 is 12.6 Å². The molecule has 0 atom stereocenters. The minimum atomic E-state index is -2.01. The number of nitrogens with one attached hydrogen (secondary N) is 1. The van der Waals surface area contributed by atoms with E-state index in [1.807, 2.05) is 6.21 Å². The Morgan fingerprint density at radius 1 is 1.24 bits per heavy atom. The molecular weight excluding hydrogens is 293 g/mol. The molecule has 0 aliphatic heterocycles.